The third kappa shape index (κ3) is 2.19. The molecule has 1 amide bonds. The van der Waals surface area contributed by atoms with Crippen LogP contribution in [0.5, 0.6) is 0 Å². The molecule has 1 rings (SSSR count). The second kappa shape index (κ2) is 2.81. The summed E-state index contributed by atoms with van der Waals surface area (Å²) in [6.45, 7) is 3.98. The summed E-state index contributed by atoms with van der Waals surface area (Å²) in [6.07, 6.45) is 1.53. The molecule has 0 spiro atoms. The number of hydrogen-bond acceptors (Lipinski definition) is 2. The lowest BCUT2D eigenvalue weighted by Gasteiger charge is -2.10. The second-order valence-electron chi connectivity index (χ2n) is 3.62. The van der Waals surface area contributed by atoms with E-state index in [1.54, 1.807) is 6.92 Å². The molecule has 0 aliphatic heterocycles. The van der Waals surface area contributed by atoms with E-state index in [0.29, 0.717) is 6.54 Å². The molecular formula is C8H15NO2. The molecule has 0 saturated heterocycles. The Bertz CT molecular complexity index is 161. The van der Waals surface area contributed by atoms with Gasteiger partial charge in [-0.15, -0.1) is 0 Å². The summed E-state index contributed by atoms with van der Waals surface area (Å²) in [5.74, 6) is 0.0819. The zero-order chi connectivity index (χ0) is 8.48. The topological polar surface area (TPSA) is 49.3 Å². The van der Waals surface area contributed by atoms with E-state index in [4.69, 9.17) is 5.11 Å². The summed E-state index contributed by atoms with van der Waals surface area (Å²) in [4.78, 5) is 11.2. The first-order valence-electron chi connectivity index (χ1n) is 4.01. The third-order valence-corrected chi connectivity index (χ3v) is 2.11. The molecule has 0 heterocycles. The van der Waals surface area contributed by atoms with Gasteiger partial charge < -0.3 is 10.4 Å². The number of nitrogens with one attached hydrogen (secondary N) is 1. The van der Waals surface area contributed by atoms with Gasteiger partial charge in [0.05, 0.1) is 6.10 Å². The molecule has 0 aromatic rings. The van der Waals surface area contributed by atoms with E-state index in [2.05, 4.69) is 5.32 Å². The molecule has 0 aromatic heterocycles. The fourth-order valence-electron chi connectivity index (χ4n) is 0.868. The van der Waals surface area contributed by atoms with Crippen LogP contribution < -0.4 is 5.32 Å². The van der Waals surface area contributed by atoms with Crippen LogP contribution in [0.2, 0.25) is 0 Å². The van der Waals surface area contributed by atoms with Crippen molar-refractivity contribution in [1.82, 2.24) is 5.32 Å². The highest BCUT2D eigenvalue weighted by Crippen LogP contribution is 2.44. The third-order valence-electron chi connectivity index (χ3n) is 2.11. The molecule has 3 nitrogen and oxygen atoms in total. The van der Waals surface area contributed by atoms with Crippen LogP contribution in [0.25, 0.3) is 0 Å². The summed E-state index contributed by atoms with van der Waals surface area (Å²) in [5.41, 5.74) is -0.116. The number of amides is 1. The molecule has 1 aliphatic carbocycles. The highest BCUT2D eigenvalue weighted by atomic mass is 16.3. The Labute approximate surface area is 66.8 Å². The van der Waals surface area contributed by atoms with Crippen molar-refractivity contribution < 1.29 is 9.90 Å². The maximum Gasteiger partial charge on any atom is 0.226 e. The number of rotatable bonds is 3. The minimum absolute atomic E-state index is 0.0819. The van der Waals surface area contributed by atoms with Gasteiger partial charge in [-0.05, 0) is 19.8 Å². The number of carbonyl (C=O) groups excluding carboxylic acids is 1. The number of aliphatic hydroxyl groups excluding tert-OH is 1. The Morgan fingerprint density at radius 3 is 2.64 bits per heavy atom. The maximum atomic E-state index is 11.2. The molecule has 3 heteroatoms. The average Bonchev–Trinajstić information content (AvgIpc) is 2.64. The molecule has 0 aromatic carbocycles. The summed E-state index contributed by atoms with van der Waals surface area (Å²) >= 11 is 0. The standard InChI is InChI=1S/C8H15NO2/c1-6(10)5-9-7(11)8(2)3-4-8/h6,10H,3-5H2,1-2H3,(H,9,11)/t6-/m1/s1. The van der Waals surface area contributed by atoms with Gasteiger partial charge in [0.15, 0.2) is 0 Å². The van der Waals surface area contributed by atoms with E-state index in [0.717, 1.165) is 12.8 Å². The van der Waals surface area contributed by atoms with E-state index in [1.165, 1.54) is 0 Å². The summed E-state index contributed by atoms with van der Waals surface area (Å²) in [6, 6.07) is 0. The van der Waals surface area contributed by atoms with Crippen molar-refractivity contribution >= 4 is 5.91 Å². The van der Waals surface area contributed by atoms with Crippen LogP contribution in [-0.2, 0) is 4.79 Å². The van der Waals surface area contributed by atoms with Crippen LogP contribution in [0.1, 0.15) is 26.7 Å². The molecule has 1 saturated carbocycles. The first kappa shape index (κ1) is 8.53. The highest BCUT2D eigenvalue weighted by molar-refractivity contribution is 5.84. The Hall–Kier alpha value is -0.570. The lowest BCUT2D eigenvalue weighted by atomic mass is 10.1. The quantitative estimate of drug-likeness (QED) is 0.618. The van der Waals surface area contributed by atoms with Crippen molar-refractivity contribution in [2.75, 3.05) is 6.54 Å². The molecule has 0 bridgehead atoms. The monoisotopic (exact) mass is 157 g/mol. The van der Waals surface area contributed by atoms with E-state index < -0.39 is 6.10 Å². The van der Waals surface area contributed by atoms with Gasteiger partial charge in [-0.2, -0.15) is 0 Å². The normalized spacial score (nSPS) is 22.5. The smallest absolute Gasteiger partial charge is 0.226 e. The van der Waals surface area contributed by atoms with Crippen molar-refractivity contribution in [2.45, 2.75) is 32.8 Å². The predicted octanol–water partition coefficient (Wildman–Crippen LogP) is 0.283. The molecule has 1 fully saturated rings. The first-order chi connectivity index (χ1) is 5.04. The minimum atomic E-state index is -0.443. The molecule has 2 N–H and O–H groups in total. The van der Waals surface area contributed by atoms with Crippen LogP contribution in [0, 0.1) is 5.41 Å². The van der Waals surface area contributed by atoms with Crippen LogP contribution in [0.15, 0.2) is 0 Å². The zero-order valence-corrected chi connectivity index (χ0v) is 7.05. The lowest BCUT2D eigenvalue weighted by Crippen LogP contribution is -2.35. The molecule has 1 aliphatic rings. The van der Waals surface area contributed by atoms with Crippen LogP contribution in [0.3, 0.4) is 0 Å². The molecule has 1 atom stereocenters. The molecule has 0 radical (unpaired) electrons. The summed E-state index contributed by atoms with van der Waals surface area (Å²) < 4.78 is 0. The number of carbonyl (C=O) groups is 1. The fourth-order valence-corrected chi connectivity index (χ4v) is 0.868. The van der Waals surface area contributed by atoms with Crippen LogP contribution >= 0.6 is 0 Å². The Balaban J connectivity index is 2.22. The minimum Gasteiger partial charge on any atom is -0.392 e. The maximum absolute atomic E-state index is 11.2. The van der Waals surface area contributed by atoms with Gasteiger partial charge in [0, 0.05) is 12.0 Å². The van der Waals surface area contributed by atoms with E-state index >= 15 is 0 Å². The van der Waals surface area contributed by atoms with Crippen molar-refractivity contribution in [1.29, 1.82) is 0 Å². The van der Waals surface area contributed by atoms with Gasteiger partial charge in [0.1, 0.15) is 0 Å². The largest absolute Gasteiger partial charge is 0.392 e. The van der Waals surface area contributed by atoms with Crippen LogP contribution in [0.4, 0.5) is 0 Å². The lowest BCUT2D eigenvalue weighted by molar-refractivity contribution is -0.126. The first-order valence-corrected chi connectivity index (χ1v) is 4.01. The van der Waals surface area contributed by atoms with Gasteiger partial charge in [-0.1, -0.05) is 6.92 Å². The zero-order valence-electron chi connectivity index (χ0n) is 7.05. The molecule has 0 unspecified atom stereocenters. The van der Waals surface area contributed by atoms with E-state index in [9.17, 15) is 4.79 Å². The Morgan fingerprint density at radius 1 is 1.73 bits per heavy atom. The van der Waals surface area contributed by atoms with Crippen molar-refractivity contribution in [3.05, 3.63) is 0 Å². The highest BCUT2D eigenvalue weighted by Gasteiger charge is 2.44. The fraction of sp³-hybridized carbons (Fsp3) is 0.875. The van der Waals surface area contributed by atoms with E-state index in [-0.39, 0.29) is 11.3 Å². The van der Waals surface area contributed by atoms with Gasteiger partial charge in [0.2, 0.25) is 5.91 Å². The Kier molecular flexibility index (Phi) is 2.18. The van der Waals surface area contributed by atoms with Gasteiger partial charge in [-0.3, -0.25) is 4.79 Å². The Morgan fingerprint density at radius 2 is 2.27 bits per heavy atom. The second-order valence-corrected chi connectivity index (χ2v) is 3.62. The average molecular weight is 157 g/mol. The molecule has 64 valence electrons. The molecule has 11 heavy (non-hydrogen) atoms. The van der Waals surface area contributed by atoms with Crippen molar-refractivity contribution in [3.8, 4) is 0 Å². The van der Waals surface area contributed by atoms with Crippen molar-refractivity contribution in [2.24, 2.45) is 5.41 Å². The van der Waals surface area contributed by atoms with E-state index in [1.807, 2.05) is 6.92 Å². The number of aliphatic hydroxyl groups is 1. The summed E-state index contributed by atoms with van der Waals surface area (Å²) in [5, 5.41) is 11.6. The van der Waals surface area contributed by atoms with Crippen molar-refractivity contribution in [3.63, 3.8) is 0 Å². The van der Waals surface area contributed by atoms with Gasteiger partial charge in [-0.25, -0.2) is 0 Å². The molecular weight excluding hydrogens is 142 g/mol. The number of hydrogen-bond donors (Lipinski definition) is 2. The van der Waals surface area contributed by atoms with Gasteiger partial charge in [0.25, 0.3) is 0 Å². The van der Waals surface area contributed by atoms with Gasteiger partial charge >= 0.3 is 0 Å². The SMILES string of the molecule is C[C@@H](O)CNC(=O)C1(C)CC1. The summed E-state index contributed by atoms with van der Waals surface area (Å²) in [7, 11) is 0. The predicted molar refractivity (Wildman–Crippen MR) is 42.0 cm³/mol. The van der Waals surface area contributed by atoms with Crippen LogP contribution in [-0.4, -0.2) is 23.7 Å².